The largest absolute Gasteiger partial charge is 0.468 e. The van der Waals surface area contributed by atoms with Gasteiger partial charge in [-0.25, -0.2) is 0 Å². The molecule has 0 N–H and O–H groups in total. The maximum absolute atomic E-state index is 12.3. The molecule has 0 aliphatic rings. The summed E-state index contributed by atoms with van der Waals surface area (Å²) in [6, 6.07) is 0.322. The molecule has 2 atom stereocenters. The Morgan fingerprint density at radius 1 is 0.944 bits per heavy atom. The van der Waals surface area contributed by atoms with Crippen molar-refractivity contribution in [3.05, 3.63) is 0 Å². The van der Waals surface area contributed by atoms with Crippen molar-refractivity contribution in [2.45, 2.75) is 64.1 Å². The fraction of sp³-hybridized carbons (Fsp3) is 0.846. The monoisotopic (exact) mass is 275 g/mol. The van der Waals surface area contributed by atoms with Crippen LogP contribution in [0.15, 0.2) is 0 Å². The SMILES string of the molecule is COC(=O)[C@H](C)S[C@@H](C)C(=O)N(C(C)C)C(C)C. The zero-order valence-electron chi connectivity index (χ0n) is 12.4. The van der Waals surface area contributed by atoms with Gasteiger partial charge in [0.1, 0.15) is 5.25 Å². The second kappa shape index (κ2) is 7.67. The van der Waals surface area contributed by atoms with Gasteiger partial charge >= 0.3 is 5.97 Å². The van der Waals surface area contributed by atoms with E-state index in [1.54, 1.807) is 6.92 Å². The first-order valence-electron chi connectivity index (χ1n) is 6.27. The third-order valence-electron chi connectivity index (χ3n) is 2.66. The van der Waals surface area contributed by atoms with Crippen LogP contribution in [0.4, 0.5) is 0 Å². The minimum Gasteiger partial charge on any atom is -0.468 e. The molecule has 0 radical (unpaired) electrons. The van der Waals surface area contributed by atoms with Gasteiger partial charge in [0.2, 0.25) is 5.91 Å². The molecule has 18 heavy (non-hydrogen) atoms. The molecule has 0 rings (SSSR count). The van der Waals surface area contributed by atoms with Gasteiger partial charge in [0.25, 0.3) is 0 Å². The lowest BCUT2D eigenvalue weighted by Crippen LogP contribution is -2.46. The van der Waals surface area contributed by atoms with E-state index in [1.807, 2.05) is 39.5 Å². The van der Waals surface area contributed by atoms with Crippen molar-refractivity contribution in [3.8, 4) is 0 Å². The van der Waals surface area contributed by atoms with Gasteiger partial charge in [-0.3, -0.25) is 9.59 Å². The van der Waals surface area contributed by atoms with Crippen LogP contribution in [0, 0.1) is 0 Å². The van der Waals surface area contributed by atoms with Gasteiger partial charge in [-0.2, -0.15) is 0 Å². The number of amides is 1. The first-order valence-corrected chi connectivity index (χ1v) is 7.22. The van der Waals surface area contributed by atoms with Gasteiger partial charge in [0.05, 0.1) is 12.4 Å². The minimum atomic E-state index is -0.324. The van der Waals surface area contributed by atoms with Crippen LogP contribution in [0.2, 0.25) is 0 Å². The third kappa shape index (κ3) is 4.88. The van der Waals surface area contributed by atoms with Crippen LogP contribution in [-0.2, 0) is 14.3 Å². The number of nitrogens with zero attached hydrogens (tertiary/aromatic N) is 1. The predicted octanol–water partition coefficient (Wildman–Crippen LogP) is 2.32. The van der Waals surface area contributed by atoms with E-state index in [9.17, 15) is 9.59 Å². The van der Waals surface area contributed by atoms with Crippen molar-refractivity contribution in [1.29, 1.82) is 0 Å². The maximum atomic E-state index is 12.3. The van der Waals surface area contributed by atoms with Crippen molar-refractivity contribution in [2.75, 3.05) is 7.11 Å². The van der Waals surface area contributed by atoms with Crippen LogP contribution in [0.25, 0.3) is 0 Å². The molecule has 4 nitrogen and oxygen atoms in total. The van der Waals surface area contributed by atoms with Crippen molar-refractivity contribution < 1.29 is 14.3 Å². The van der Waals surface area contributed by atoms with Gasteiger partial charge in [-0.05, 0) is 41.5 Å². The summed E-state index contributed by atoms with van der Waals surface area (Å²) < 4.78 is 4.66. The van der Waals surface area contributed by atoms with Gasteiger partial charge in [0.15, 0.2) is 0 Å². The summed E-state index contributed by atoms with van der Waals surface area (Å²) in [7, 11) is 1.36. The molecule has 0 bridgehead atoms. The van der Waals surface area contributed by atoms with Crippen molar-refractivity contribution >= 4 is 23.6 Å². The van der Waals surface area contributed by atoms with E-state index in [4.69, 9.17) is 0 Å². The van der Waals surface area contributed by atoms with E-state index in [0.29, 0.717) is 0 Å². The minimum absolute atomic E-state index is 0.0701. The number of carbonyl (C=O) groups excluding carboxylic acids is 2. The average Bonchev–Trinajstić information content (AvgIpc) is 2.26. The molecule has 0 saturated carbocycles. The fourth-order valence-electron chi connectivity index (χ4n) is 1.90. The highest BCUT2D eigenvalue weighted by Crippen LogP contribution is 2.22. The average molecular weight is 275 g/mol. The Kier molecular flexibility index (Phi) is 7.36. The van der Waals surface area contributed by atoms with Crippen molar-refractivity contribution in [3.63, 3.8) is 0 Å². The van der Waals surface area contributed by atoms with E-state index in [0.717, 1.165) is 0 Å². The summed E-state index contributed by atoms with van der Waals surface area (Å²) in [5.74, 6) is -0.221. The molecule has 0 saturated heterocycles. The number of thioether (sulfide) groups is 1. The molecule has 0 heterocycles. The topological polar surface area (TPSA) is 46.6 Å². The number of rotatable bonds is 6. The smallest absolute Gasteiger partial charge is 0.318 e. The maximum Gasteiger partial charge on any atom is 0.318 e. The highest BCUT2D eigenvalue weighted by atomic mass is 32.2. The summed E-state index contributed by atoms with van der Waals surface area (Å²) in [5, 5.41) is -0.570. The highest BCUT2D eigenvalue weighted by molar-refractivity contribution is 8.01. The Morgan fingerprint density at radius 3 is 1.72 bits per heavy atom. The Morgan fingerprint density at radius 2 is 1.39 bits per heavy atom. The highest BCUT2D eigenvalue weighted by Gasteiger charge is 2.28. The van der Waals surface area contributed by atoms with Crippen LogP contribution in [0.1, 0.15) is 41.5 Å². The van der Waals surface area contributed by atoms with Gasteiger partial charge in [-0.1, -0.05) is 0 Å². The van der Waals surface area contributed by atoms with Gasteiger partial charge < -0.3 is 9.64 Å². The summed E-state index contributed by atoms with van der Waals surface area (Å²) in [6.45, 7) is 11.6. The Bertz CT molecular complexity index is 284. The standard InChI is InChI=1S/C13H25NO3S/c1-8(2)14(9(3)4)12(15)10(5)18-11(6)13(16)17-7/h8-11H,1-7H3/t10-,11-/m0/s1. The first-order chi connectivity index (χ1) is 8.22. The third-order valence-corrected chi connectivity index (χ3v) is 3.87. The molecule has 0 aliphatic carbocycles. The molecule has 0 unspecified atom stereocenters. The summed E-state index contributed by atoms with van der Waals surface area (Å²) in [5.41, 5.74) is 0. The molecule has 0 aromatic rings. The fourth-order valence-corrected chi connectivity index (χ4v) is 2.96. The van der Waals surface area contributed by atoms with Gasteiger partial charge in [-0.15, -0.1) is 11.8 Å². The lowest BCUT2D eigenvalue weighted by atomic mass is 10.2. The molecular weight excluding hydrogens is 250 g/mol. The van der Waals surface area contributed by atoms with E-state index in [1.165, 1.54) is 18.9 Å². The molecule has 0 aromatic carbocycles. The second-order valence-corrected chi connectivity index (χ2v) is 6.56. The first kappa shape index (κ1) is 17.3. The van der Waals surface area contributed by atoms with E-state index in [2.05, 4.69) is 4.74 Å². The Balaban J connectivity index is 4.62. The normalized spacial score (nSPS) is 14.5. The van der Waals surface area contributed by atoms with Crippen LogP contribution < -0.4 is 0 Å². The van der Waals surface area contributed by atoms with Gasteiger partial charge in [0, 0.05) is 12.1 Å². The molecule has 0 fully saturated rings. The van der Waals surface area contributed by atoms with E-state index in [-0.39, 0.29) is 34.5 Å². The number of esters is 1. The van der Waals surface area contributed by atoms with E-state index < -0.39 is 0 Å². The number of carbonyl (C=O) groups is 2. The Hall–Kier alpha value is -0.710. The second-order valence-electron chi connectivity index (χ2n) is 4.88. The number of methoxy groups -OCH3 is 1. The zero-order chi connectivity index (χ0) is 14.5. The lowest BCUT2D eigenvalue weighted by Gasteiger charge is -2.33. The molecule has 5 heteroatoms. The summed E-state index contributed by atoms with van der Waals surface area (Å²) >= 11 is 1.34. The van der Waals surface area contributed by atoms with Crippen LogP contribution in [0.3, 0.4) is 0 Å². The quantitative estimate of drug-likeness (QED) is 0.698. The van der Waals surface area contributed by atoms with Crippen LogP contribution in [-0.4, -0.2) is 46.5 Å². The van der Waals surface area contributed by atoms with Crippen LogP contribution >= 0.6 is 11.8 Å². The number of ether oxygens (including phenoxy) is 1. The van der Waals surface area contributed by atoms with Crippen LogP contribution in [0.5, 0.6) is 0 Å². The molecule has 106 valence electrons. The molecule has 0 aromatic heterocycles. The lowest BCUT2D eigenvalue weighted by molar-refractivity contribution is -0.139. The summed E-state index contributed by atoms with van der Waals surface area (Å²) in [6.07, 6.45) is 0. The number of hydrogen-bond acceptors (Lipinski definition) is 4. The Labute approximate surface area is 114 Å². The van der Waals surface area contributed by atoms with Crippen molar-refractivity contribution in [2.24, 2.45) is 0 Å². The molecule has 1 amide bonds. The molecule has 0 spiro atoms. The molecule has 0 aliphatic heterocycles. The summed E-state index contributed by atoms with van der Waals surface area (Å²) in [4.78, 5) is 25.5. The number of hydrogen-bond donors (Lipinski definition) is 0. The zero-order valence-corrected chi connectivity index (χ0v) is 13.2. The van der Waals surface area contributed by atoms with Crippen molar-refractivity contribution in [1.82, 2.24) is 4.90 Å². The predicted molar refractivity (Wildman–Crippen MR) is 75.6 cm³/mol. The molecular formula is C13H25NO3S. The van der Waals surface area contributed by atoms with E-state index >= 15 is 0 Å².